The molecule has 1 aliphatic heterocycles. The van der Waals surface area contributed by atoms with E-state index in [2.05, 4.69) is 15.2 Å². The van der Waals surface area contributed by atoms with Gasteiger partial charge in [0.2, 0.25) is 0 Å². The molecule has 0 spiro atoms. The van der Waals surface area contributed by atoms with E-state index in [1.807, 2.05) is 34.9 Å². The molecule has 3 heterocycles. The molecule has 1 saturated carbocycles. The Morgan fingerprint density at radius 1 is 1.17 bits per heavy atom. The summed E-state index contributed by atoms with van der Waals surface area (Å²) in [7, 11) is 0. The van der Waals surface area contributed by atoms with E-state index in [4.69, 9.17) is 11.5 Å². The molecule has 3 aromatic rings. The lowest BCUT2D eigenvalue weighted by atomic mass is 10.0. The quantitative estimate of drug-likeness (QED) is 0.630. The molecule has 5 rings (SSSR count). The number of fused-ring (bicyclic) bond motifs is 1. The summed E-state index contributed by atoms with van der Waals surface area (Å²) in [4.78, 5) is 8.49. The van der Waals surface area contributed by atoms with Crippen LogP contribution in [0, 0.1) is 5.82 Å². The van der Waals surface area contributed by atoms with Crippen molar-refractivity contribution in [2.45, 2.75) is 44.2 Å². The SMILES string of the molecule is C[C@@H](c1ccc(F)cc1)N1c2ncccc2C(N)N(c2cc(C3CC3)[nH]n2)C1N. The topological polar surface area (TPSA) is 100 Å². The van der Waals surface area contributed by atoms with Crippen LogP contribution in [-0.2, 0) is 0 Å². The summed E-state index contributed by atoms with van der Waals surface area (Å²) in [6.45, 7) is 2.03. The molecule has 5 N–H and O–H groups in total. The smallest absolute Gasteiger partial charge is 0.159 e. The fourth-order valence-electron chi connectivity index (χ4n) is 4.08. The van der Waals surface area contributed by atoms with Crippen LogP contribution in [0.3, 0.4) is 0 Å². The molecule has 2 aliphatic rings. The highest BCUT2D eigenvalue weighted by Gasteiger charge is 2.40. The van der Waals surface area contributed by atoms with Crippen molar-refractivity contribution in [3.8, 4) is 0 Å². The number of nitrogens with one attached hydrogen (secondary N) is 1. The maximum atomic E-state index is 13.4. The number of hydrogen-bond acceptors (Lipinski definition) is 6. The Bertz CT molecular complexity index is 1010. The Balaban J connectivity index is 1.57. The molecule has 7 nitrogen and oxygen atoms in total. The first kappa shape index (κ1) is 18.1. The van der Waals surface area contributed by atoms with Gasteiger partial charge in [-0.1, -0.05) is 18.2 Å². The van der Waals surface area contributed by atoms with Gasteiger partial charge in [-0.2, -0.15) is 5.10 Å². The van der Waals surface area contributed by atoms with Crippen molar-refractivity contribution >= 4 is 11.6 Å². The average molecular weight is 393 g/mol. The van der Waals surface area contributed by atoms with Crippen LogP contribution in [0.25, 0.3) is 0 Å². The van der Waals surface area contributed by atoms with Gasteiger partial charge < -0.3 is 15.5 Å². The molecule has 150 valence electrons. The van der Waals surface area contributed by atoms with Crippen molar-refractivity contribution in [2.75, 3.05) is 9.80 Å². The number of pyridine rings is 1. The van der Waals surface area contributed by atoms with Crippen molar-refractivity contribution in [1.29, 1.82) is 0 Å². The minimum absolute atomic E-state index is 0.143. The Labute approximate surface area is 168 Å². The third-order valence-electron chi connectivity index (χ3n) is 5.89. The number of halogens is 1. The lowest BCUT2D eigenvalue weighted by molar-refractivity contribution is 0.440. The van der Waals surface area contributed by atoms with E-state index in [0.717, 1.165) is 28.5 Å². The summed E-state index contributed by atoms with van der Waals surface area (Å²) in [5.74, 6) is 1.74. The summed E-state index contributed by atoms with van der Waals surface area (Å²) in [6.07, 6.45) is 3.04. The summed E-state index contributed by atoms with van der Waals surface area (Å²) in [6, 6.07) is 12.2. The number of benzene rings is 1. The molecule has 3 atom stereocenters. The highest BCUT2D eigenvalue weighted by molar-refractivity contribution is 5.60. The summed E-state index contributed by atoms with van der Waals surface area (Å²) < 4.78 is 13.4. The molecule has 0 saturated heterocycles. The zero-order valence-electron chi connectivity index (χ0n) is 16.2. The molecule has 0 radical (unpaired) electrons. The molecule has 8 heteroatoms. The number of aromatic amines is 1. The second kappa shape index (κ2) is 6.82. The predicted octanol–water partition coefficient (Wildman–Crippen LogP) is 3.11. The van der Waals surface area contributed by atoms with Crippen molar-refractivity contribution in [3.63, 3.8) is 0 Å². The van der Waals surface area contributed by atoms with Gasteiger partial charge in [0.15, 0.2) is 12.1 Å². The van der Waals surface area contributed by atoms with E-state index >= 15 is 0 Å². The lowest BCUT2D eigenvalue weighted by Crippen LogP contribution is -2.61. The fraction of sp³-hybridized carbons (Fsp3) is 0.333. The third-order valence-corrected chi connectivity index (χ3v) is 5.89. The van der Waals surface area contributed by atoms with Gasteiger partial charge in [-0.15, -0.1) is 0 Å². The average Bonchev–Trinajstić information content (AvgIpc) is 3.47. The Morgan fingerprint density at radius 3 is 2.66 bits per heavy atom. The van der Waals surface area contributed by atoms with Crippen LogP contribution in [0.4, 0.5) is 16.0 Å². The molecule has 2 aromatic heterocycles. The van der Waals surface area contributed by atoms with Crippen LogP contribution in [0.15, 0.2) is 48.7 Å². The Hall–Kier alpha value is -2.97. The fourth-order valence-corrected chi connectivity index (χ4v) is 4.08. The van der Waals surface area contributed by atoms with Gasteiger partial charge in [0.25, 0.3) is 0 Å². The predicted molar refractivity (Wildman–Crippen MR) is 109 cm³/mol. The van der Waals surface area contributed by atoms with E-state index < -0.39 is 12.5 Å². The number of nitrogens with two attached hydrogens (primary N) is 2. The summed E-state index contributed by atoms with van der Waals surface area (Å²) >= 11 is 0. The minimum atomic E-state index is -0.581. The highest BCUT2D eigenvalue weighted by Crippen LogP contribution is 2.43. The number of H-pyrrole nitrogens is 1. The molecule has 2 unspecified atom stereocenters. The van der Waals surface area contributed by atoms with Crippen molar-refractivity contribution in [1.82, 2.24) is 15.2 Å². The first-order valence-electron chi connectivity index (χ1n) is 9.88. The van der Waals surface area contributed by atoms with Gasteiger partial charge in [0.1, 0.15) is 17.8 Å². The number of hydrogen-bond donors (Lipinski definition) is 3. The van der Waals surface area contributed by atoms with Gasteiger partial charge in [0.05, 0.1) is 6.04 Å². The van der Waals surface area contributed by atoms with Gasteiger partial charge in [-0.25, -0.2) is 9.37 Å². The first-order valence-corrected chi connectivity index (χ1v) is 9.88. The second-order valence-electron chi connectivity index (χ2n) is 7.77. The molecular weight excluding hydrogens is 369 g/mol. The molecule has 0 bridgehead atoms. The number of rotatable bonds is 4. The molecule has 1 aromatic carbocycles. The molecule has 0 amide bonds. The minimum Gasteiger partial charge on any atom is -0.316 e. The van der Waals surface area contributed by atoms with Crippen molar-refractivity contribution < 1.29 is 4.39 Å². The van der Waals surface area contributed by atoms with Crippen LogP contribution < -0.4 is 21.3 Å². The maximum Gasteiger partial charge on any atom is 0.159 e. The van der Waals surface area contributed by atoms with Gasteiger partial charge in [-0.05, 0) is 43.5 Å². The number of anilines is 2. The van der Waals surface area contributed by atoms with Gasteiger partial charge in [-0.3, -0.25) is 10.8 Å². The van der Waals surface area contributed by atoms with Crippen LogP contribution in [0.5, 0.6) is 0 Å². The van der Waals surface area contributed by atoms with E-state index in [-0.39, 0.29) is 11.9 Å². The second-order valence-corrected chi connectivity index (χ2v) is 7.77. The lowest BCUT2D eigenvalue weighted by Gasteiger charge is -2.48. The van der Waals surface area contributed by atoms with Crippen LogP contribution in [-0.4, -0.2) is 21.5 Å². The Kier molecular flexibility index (Phi) is 4.25. The highest BCUT2D eigenvalue weighted by atomic mass is 19.1. The van der Waals surface area contributed by atoms with E-state index in [9.17, 15) is 4.39 Å². The van der Waals surface area contributed by atoms with Gasteiger partial charge >= 0.3 is 0 Å². The first-order chi connectivity index (χ1) is 14.0. The maximum absolute atomic E-state index is 13.4. The largest absolute Gasteiger partial charge is 0.316 e. The number of aromatic nitrogens is 3. The third kappa shape index (κ3) is 3.04. The zero-order chi connectivity index (χ0) is 20.1. The van der Waals surface area contributed by atoms with Crippen LogP contribution in [0.2, 0.25) is 0 Å². The van der Waals surface area contributed by atoms with E-state index in [1.54, 1.807) is 18.3 Å². The van der Waals surface area contributed by atoms with E-state index in [1.165, 1.54) is 25.0 Å². The number of nitrogens with zero attached hydrogens (tertiary/aromatic N) is 4. The molecule has 1 aliphatic carbocycles. The molecule has 29 heavy (non-hydrogen) atoms. The van der Waals surface area contributed by atoms with Crippen molar-refractivity contribution in [2.24, 2.45) is 11.5 Å². The summed E-state index contributed by atoms with van der Waals surface area (Å²) in [5.41, 5.74) is 16.3. The van der Waals surface area contributed by atoms with Gasteiger partial charge in [0, 0.05) is 29.4 Å². The molecular formula is C21H24FN7. The van der Waals surface area contributed by atoms with Crippen molar-refractivity contribution in [3.05, 3.63) is 71.3 Å². The standard InChI is InChI=1S/C21H24FN7/c1-12(13-6-8-15(22)9-7-13)28-20-16(3-2-10-25-20)19(23)29(21(28)24)18-11-17(26-27-18)14-4-5-14/h2-3,6-12,14,19,21H,4-5,23-24H2,1H3,(H,26,27)/t12-,19?,21?/m0/s1. The van der Waals surface area contributed by atoms with E-state index in [0.29, 0.717) is 5.92 Å². The normalized spacial score (nSPS) is 22.5. The van der Waals surface area contributed by atoms with Crippen LogP contribution >= 0.6 is 0 Å². The molecule has 1 fully saturated rings. The summed E-state index contributed by atoms with van der Waals surface area (Å²) in [5, 5.41) is 7.63. The monoisotopic (exact) mass is 393 g/mol. The Morgan fingerprint density at radius 2 is 1.93 bits per heavy atom. The van der Waals surface area contributed by atoms with Crippen LogP contribution in [0.1, 0.15) is 54.7 Å². The zero-order valence-corrected chi connectivity index (χ0v) is 16.2.